The highest BCUT2D eigenvalue weighted by atomic mass is 19.1. The smallest absolute Gasteiger partial charge is 0.332 e. The van der Waals surface area contributed by atoms with E-state index in [0.717, 1.165) is 62.0 Å². The second kappa shape index (κ2) is 10.5. The molecular weight excluding hydrogens is 455 g/mol. The molecular formula is C25H35FN4O5. The minimum Gasteiger partial charge on any atom is -0.394 e. The third-order valence-corrected chi connectivity index (χ3v) is 7.35. The zero-order chi connectivity index (χ0) is 25.2. The van der Waals surface area contributed by atoms with Crippen molar-refractivity contribution in [3.63, 3.8) is 0 Å². The molecule has 0 radical (unpaired) electrons. The van der Waals surface area contributed by atoms with Gasteiger partial charge >= 0.3 is 5.69 Å². The number of fused-ring (bicyclic) bond motifs is 1. The molecule has 4 rings (SSSR count). The van der Waals surface area contributed by atoms with Crippen molar-refractivity contribution in [2.24, 2.45) is 0 Å². The maximum atomic E-state index is 15.1. The normalized spacial score (nSPS) is 17.7. The van der Waals surface area contributed by atoms with Crippen molar-refractivity contribution in [2.75, 3.05) is 18.5 Å². The second-order valence-corrected chi connectivity index (χ2v) is 10.2. The van der Waals surface area contributed by atoms with Gasteiger partial charge in [-0.2, -0.15) is 0 Å². The van der Waals surface area contributed by atoms with Crippen molar-refractivity contribution in [1.82, 2.24) is 14.5 Å². The van der Waals surface area contributed by atoms with Gasteiger partial charge in [-0.3, -0.25) is 18.7 Å². The number of nitrogens with one attached hydrogen (secondary N) is 2. The molecule has 1 aromatic heterocycles. The summed E-state index contributed by atoms with van der Waals surface area (Å²) in [4.78, 5) is 39.5. The van der Waals surface area contributed by atoms with Gasteiger partial charge in [-0.05, 0) is 44.7 Å². The number of benzene rings is 1. The van der Waals surface area contributed by atoms with Gasteiger partial charge in [-0.1, -0.05) is 32.1 Å². The van der Waals surface area contributed by atoms with Gasteiger partial charge in [0, 0.05) is 12.1 Å². The van der Waals surface area contributed by atoms with Crippen LogP contribution in [0, 0.1) is 5.82 Å². The molecule has 2 fully saturated rings. The van der Waals surface area contributed by atoms with Gasteiger partial charge in [0.1, 0.15) is 12.4 Å². The van der Waals surface area contributed by atoms with Gasteiger partial charge in [-0.15, -0.1) is 0 Å². The summed E-state index contributed by atoms with van der Waals surface area (Å²) in [7, 11) is 0. The minimum atomic E-state index is -1.30. The molecule has 2 aliphatic carbocycles. The number of nitrogens with zero attached hydrogens (tertiary/aromatic N) is 2. The van der Waals surface area contributed by atoms with Crippen LogP contribution in [0.3, 0.4) is 0 Å². The molecule has 1 heterocycles. The van der Waals surface area contributed by atoms with Crippen LogP contribution in [0.15, 0.2) is 21.7 Å². The Morgan fingerprint density at radius 1 is 1.06 bits per heavy atom. The number of hydrogen-bond donors (Lipinski definition) is 4. The number of amides is 1. The lowest BCUT2D eigenvalue weighted by Gasteiger charge is -2.27. The van der Waals surface area contributed by atoms with Crippen molar-refractivity contribution in [3.8, 4) is 0 Å². The minimum absolute atomic E-state index is 0.0445. The zero-order valence-electron chi connectivity index (χ0n) is 20.2. The Hall–Kier alpha value is -2.72. The van der Waals surface area contributed by atoms with E-state index in [9.17, 15) is 24.6 Å². The fraction of sp³-hybridized carbons (Fsp3) is 0.640. The molecule has 35 heavy (non-hydrogen) atoms. The third-order valence-electron chi connectivity index (χ3n) is 7.35. The van der Waals surface area contributed by atoms with Crippen molar-refractivity contribution < 1.29 is 19.4 Å². The number of rotatable bonds is 8. The average molecular weight is 491 g/mol. The molecule has 0 saturated heterocycles. The molecule has 2 saturated carbocycles. The number of halogens is 1. The number of carbonyl (C=O) groups is 1. The Morgan fingerprint density at radius 3 is 2.31 bits per heavy atom. The summed E-state index contributed by atoms with van der Waals surface area (Å²) in [5.74, 6) is -1.27. The van der Waals surface area contributed by atoms with E-state index >= 15 is 4.39 Å². The summed E-state index contributed by atoms with van der Waals surface area (Å²) in [5, 5.41) is 24.7. The van der Waals surface area contributed by atoms with Gasteiger partial charge in [0.15, 0.2) is 0 Å². The fourth-order valence-electron chi connectivity index (χ4n) is 5.28. The average Bonchev–Trinajstić information content (AvgIpc) is 3.38. The third kappa shape index (κ3) is 5.28. The van der Waals surface area contributed by atoms with Crippen molar-refractivity contribution in [3.05, 3.63) is 38.8 Å². The van der Waals surface area contributed by atoms with Crippen LogP contribution in [0.25, 0.3) is 10.9 Å². The van der Waals surface area contributed by atoms with Gasteiger partial charge < -0.3 is 20.8 Å². The summed E-state index contributed by atoms with van der Waals surface area (Å²) >= 11 is 0. The van der Waals surface area contributed by atoms with Crippen molar-refractivity contribution in [1.29, 1.82) is 0 Å². The molecule has 192 valence electrons. The molecule has 2 aromatic rings. The predicted molar refractivity (Wildman–Crippen MR) is 131 cm³/mol. The van der Waals surface area contributed by atoms with E-state index < -0.39 is 48.3 Å². The highest BCUT2D eigenvalue weighted by Gasteiger charge is 2.28. The van der Waals surface area contributed by atoms with Crippen LogP contribution >= 0.6 is 0 Å². The summed E-state index contributed by atoms with van der Waals surface area (Å²) in [6.07, 6.45) is 8.63. The lowest BCUT2D eigenvalue weighted by atomic mass is 9.95. The number of anilines is 1. The Morgan fingerprint density at radius 2 is 1.69 bits per heavy atom. The molecule has 0 atom stereocenters. The predicted octanol–water partition coefficient (Wildman–Crippen LogP) is 2.02. The highest BCUT2D eigenvalue weighted by molar-refractivity contribution is 5.83. The molecule has 0 spiro atoms. The first kappa shape index (κ1) is 25.4. The van der Waals surface area contributed by atoms with Crippen molar-refractivity contribution >= 4 is 22.5 Å². The number of aliphatic hydroxyl groups is 2. The molecule has 4 N–H and O–H groups in total. The van der Waals surface area contributed by atoms with E-state index in [4.69, 9.17) is 0 Å². The fourth-order valence-corrected chi connectivity index (χ4v) is 5.28. The lowest BCUT2D eigenvalue weighted by molar-refractivity contribution is -0.124. The van der Waals surface area contributed by atoms with Crippen LogP contribution in [0.2, 0.25) is 0 Å². The molecule has 9 nitrogen and oxygen atoms in total. The monoisotopic (exact) mass is 490 g/mol. The first-order valence-corrected chi connectivity index (χ1v) is 12.5. The van der Waals surface area contributed by atoms with Crippen LogP contribution in [-0.4, -0.2) is 50.0 Å². The second-order valence-electron chi connectivity index (χ2n) is 10.2. The SMILES string of the molecule is CC(CO)(CO)NC(=O)Cn1c(=O)c2cc(F)c(NC3CCCCC3)cc2n(C2CCCC2)c1=O. The summed E-state index contributed by atoms with van der Waals surface area (Å²) < 4.78 is 17.5. The molecule has 10 heteroatoms. The van der Waals surface area contributed by atoms with E-state index in [2.05, 4.69) is 10.6 Å². The first-order chi connectivity index (χ1) is 16.8. The van der Waals surface area contributed by atoms with E-state index in [1.54, 1.807) is 10.6 Å². The van der Waals surface area contributed by atoms with Gasteiger partial charge in [0.05, 0.1) is 35.3 Å². The quantitative estimate of drug-likeness (QED) is 0.449. The van der Waals surface area contributed by atoms with E-state index in [-0.39, 0.29) is 23.2 Å². The lowest BCUT2D eigenvalue weighted by Crippen LogP contribution is -2.54. The summed E-state index contributed by atoms with van der Waals surface area (Å²) in [6, 6.07) is 2.74. The van der Waals surface area contributed by atoms with Crippen LogP contribution in [0.5, 0.6) is 0 Å². The molecule has 2 aliphatic rings. The zero-order valence-corrected chi connectivity index (χ0v) is 20.2. The number of hydrogen-bond acceptors (Lipinski definition) is 6. The van der Waals surface area contributed by atoms with Gasteiger partial charge in [0.25, 0.3) is 5.56 Å². The Balaban J connectivity index is 1.79. The van der Waals surface area contributed by atoms with E-state index in [0.29, 0.717) is 5.52 Å². The standard InChI is InChI=1S/C25H35FN4O5/c1-25(14-31,15-32)28-22(33)13-29-23(34)18-11-19(26)20(27-16-7-3-2-4-8-16)12-21(18)30(24(29)35)17-9-5-6-10-17/h11-12,16-17,27,31-32H,2-10,13-15H2,1H3,(H,28,33). The van der Waals surface area contributed by atoms with E-state index in [1.807, 2.05) is 0 Å². The van der Waals surface area contributed by atoms with Gasteiger partial charge in [0.2, 0.25) is 5.91 Å². The van der Waals surface area contributed by atoms with Crippen molar-refractivity contribution in [2.45, 2.75) is 88.9 Å². The van der Waals surface area contributed by atoms with Gasteiger partial charge in [-0.25, -0.2) is 9.18 Å². The molecule has 0 aliphatic heterocycles. The van der Waals surface area contributed by atoms with E-state index in [1.165, 1.54) is 13.3 Å². The number of aromatic nitrogens is 2. The Labute approximate surface area is 203 Å². The first-order valence-electron chi connectivity index (χ1n) is 12.5. The topological polar surface area (TPSA) is 126 Å². The Bertz CT molecular complexity index is 1190. The molecule has 1 amide bonds. The number of carbonyl (C=O) groups excluding carboxylic acids is 1. The van der Waals surface area contributed by atoms with Crippen LogP contribution in [0.1, 0.15) is 70.8 Å². The van der Waals surface area contributed by atoms with Crippen LogP contribution < -0.4 is 21.9 Å². The maximum absolute atomic E-state index is 15.1. The molecule has 0 unspecified atom stereocenters. The summed E-state index contributed by atoms with van der Waals surface area (Å²) in [5.41, 5.74) is -2.00. The largest absolute Gasteiger partial charge is 0.394 e. The van der Waals surface area contributed by atoms with Crippen LogP contribution in [0.4, 0.5) is 10.1 Å². The number of aliphatic hydroxyl groups excluding tert-OH is 2. The highest BCUT2D eigenvalue weighted by Crippen LogP contribution is 2.32. The molecule has 0 bridgehead atoms. The Kier molecular flexibility index (Phi) is 7.61. The summed E-state index contributed by atoms with van der Waals surface area (Å²) in [6.45, 7) is -0.187. The maximum Gasteiger partial charge on any atom is 0.332 e. The molecule has 1 aromatic carbocycles. The van der Waals surface area contributed by atoms with Crippen LogP contribution in [-0.2, 0) is 11.3 Å².